The van der Waals surface area contributed by atoms with Gasteiger partial charge in [0, 0.05) is 18.3 Å². The molecule has 1 aliphatic rings. The third-order valence-electron chi connectivity index (χ3n) is 4.83. The summed E-state index contributed by atoms with van der Waals surface area (Å²) >= 11 is 0. The number of nitrogens with zero attached hydrogens (tertiary/aromatic N) is 4. The van der Waals surface area contributed by atoms with Crippen LogP contribution in [0.25, 0.3) is 22.2 Å². The highest BCUT2D eigenvalue weighted by molar-refractivity contribution is 5.83. The second-order valence-corrected chi connectivity index (χ2v) is 6.69. The molecule has 2 aromatic heterocycles. The maximum atomic E-state index is 13.5. The van der Waals surface area contributed by atoms with Crippen molar-refractivity contribution >= 4 is 16.9 Å². The lowest BCUT2D eigenvalue weighted by molar-refractivity contribution is -0.131. The Morgan fingerprint density at radius 2 is 2.04 bits per heavy atom. The monoisotopic (exact) mass is 392 g/mol. The van der Waals surface area contributed by atoms with Crippen molar-refractivity contribution in [3.63, 3.8) is 0 Å². The third-order valence-corrected chi connectivity index (χ3v) is 4.83. The van der Waals surface area contributed by atoms with Crippen LogP contribution in [0.15, 0.2) is 36.7 Å². The fraction of sp³-hybridized carbons (Fsp3) is 0.316. The van der Waals surface area contributed by atoms with Crippen LogP contribution in [0.2, 0.25) is 0 Å². The molecule has 3 heterocycles. The van der Waals surface area contributed by atoms with Gasteiger partial charge in [-0.1, -0.05) is 6.07 Å². The molecule has 1 fully saturated rings. The van der Waals surface area contributed by atoms with E-state index in [9.17, 15) is 22.4 Å². The van der Waals surface area contributed by atoms with E-state index >= 15 is 0 Å². The average molecular weight is 392 g/mol. The molecule has 0 spiro atoms. The molecule has 1 amide bonds. The molecule has 0 aliphatic carbocycles. The first kappa shape index (κ1) is 18.4. The molecule has 1 aliphatic heterocycles. The number of pyridine rings is 1. The Labute approximate surface area is 157 Å². The molecule has 5 nitrogen and oxygen atoms in total. The van der Waals surface area contributed by atoms with Gasteiger partial charge in [-0.3, -0.25) is 14.5 Å². The van der Waals surface area contributed by atoms with Crippen molar-refractivity contribution in [2.24, 2.45) is 0 Å². The standard InChI is InChI=1S/C19H16F4N4O/c20-13-3-4-26(9-13)18(28)10-27-17-6-12(7-24-16(17)8-25-27)11-1-2-15(21)14(5-11)19(22)23/h1-2,5-8,13,19H,3-4,9-10H2. The van der Waals surface area contributed by atoms with Gasteiger partial charge in [-0.25, -0.2) is 17.6 Å². The SMILES string of the molecule is O=C(Cn1ncc2ncc(-c3ccc(F)c(C(F)F)c3)cc21)N1CCC(F)C1. The van der Waals surface area contributed by atoms with Crippen molar-refractivity contribution in [1.82, 2.24) is 19.7 Å². The van der Waals surface area contributed by atoms with Crippen LogP contribution in [-0.4, -0.2) is 44.8 Å². The second-order valence-electron chi connectivity index (χ2n) is 6.69. The minimum Gasteiger partial charge on any atom is -0.338 e. The van der Waals surface area contributed by atoms with Gasteiger partial charge < -0.3 is 4.90 Å². The molecular formula is C19H16F4N4O. The molecule has 3 aromatic rings. The third kappa shape index (κ3) is 3.44. The molecule has 0 bridgehead atoms. The van der Waals surface area contributed by atoms with Gasteiger partial charge in [-0.15, -0.1) is 0 Å². The number of hydrogen-bond acceptors (Lipinski definition) is 3. The van der Waals surface area contributed by atoms with Crippen molar-refractivity contribution in [3.8, 4) is 11.1 Å². The number of rotatable bonds is 4. The molecule has 0 N–H and O–H groups in total. The molecule has 9 heteroatoms. The number of fused-ring (bicyclic) bond motifs is 1. The van der Waals surface area contributed by atoms with E-state index in [1.807, 2.05) is 0 Å². The lowest BCUT2D eigenvalue weighted by atomic mass is 10.0. The molecule has 1 aromatic carbocycles. The summed E-state index contributed by atoms with van der Waals surface area (Å²) in [5.74, 6) is -1.22. The highest BCUT2D eigenvalue weighted by Crippen LogP contribution is 2.29. The molecule has 146 valence electrons. The van der Waals surface area contributed by atoms with Gasteiger partial charge >= 0.3 is 0 Å². The smallest absolute Gasteiger partial charge is 0.266 e. The molecule has 0 saturated carbocycles. The number of likely N-dealkylation sites (tertiary alicyclic amines) is 1. The van der Waals surface area contributed by atoms with Gasteiger partial charge in [-0.05, 0) is 30.2 Å². The Balaban J connectivity index is 1.65. The predicted molar refractivity (Wildman–Crippen MR) is 94.0 cm³/mol. The quantitative estimate of drug-likeness (QED) is 0.636. The Morgan fingerprint density at radius 3 is 2.75 bits per heavy atom. The fourth-order valence-electron chi connectivity index (χ4n) is 3.30. The van der Waals surface area contributed by atoms with E-state index in [1.165, 1.54) is 28.0 Å². The molecule has 1 saturated heterocycles. The normalized spacial score (nSPS) is 17.0. The second kappa shape index (κ2) is 7.21. The van der Waals surface area contributed by atoms with E-state index in [0.29, 0.717) is 35.1 Å². The lowest BCUT2D eigenvalue weighted by Crippen LogP contribution is -2.32. The van der Waals surface area contributed by atoms with Gasteiger partial charge in [0.15, 0.2) is 0 Å². The highest BCUT2D eigenvalue weighted by atomic mass is 19.3. The highest BCUT2D eigenvalue weighted by Gasteiger charge is 2.26. The van der Waals surface area contributed by atoms with Gasteiger partial charge in [0.1, 0.15) is 24.1 Å². The first-order valence-electron chi connectivity index (χ1n) is 8.74. The van der Waals surface area contributed by atoms with Gasteiger partial charge in [0.05, 0.1) is 23.8 Å². The number of carbonyl (C=O) groups is 1. The Kier molecular flexibility index (Phi) is 4.74. The van der Waals surface area contributed by atoms with Crippen LogP contribution < -0.4 is 0 Å². The van der Waals surface area contributed by atoms with E-state index in [1.54, 1.807) is 6.07 Å². The molecule has 1 atom stereocenters. The molecular weight excluding hydrogens is 376 g/mol. The van der Waals surface area contributed by atoms with E-state index < -0.39 is 24.0 Å². The van der Waals surface area contributed by atoms with E-state index in [-0.39, 0.29) is 19.0 Å². The minimum absolute atomic E-state index is 0.0763. The number of hydrogen-bond donors (Lipinski definition) is 0. The van der Waals surface area contributed by atoms with Crippen LogP contribution in [0.5, 0.6) is 0 Å². The predicted octanol–water partition coefficient (Wildman–Crippen LogP) is 3.75. The summed E-state index contributed by atoms with van der Waals surface area (Å²) < 4.78 is 54.2. The summed E-state index contributed by atoms with van der Waals surface area (Å²) in [5, 5.41) is 4.15. The number of halogens is 4. The Bertz CT molecular complexity index is 1040. The fourth-order valence-corrected chi connectivity index (χ4v) is 3.30. The molecule has 4 rings (SSSR count). The summed E-state index contributed by atoms with van der Waals surface area (Å²) in [6.45, 7) is 0.370. The maximum Gasteiger partial charge on any atom is 0.266 e. The number of amides is 1. The summed E-state index contributed by atoms with van der Waals surface area (Å²) in [7, 11) is 0. The first-order valence-corrected chi connectivity index (χ1v) is 8.74. The number of carbonyl (C=O) groups excluding carboxylic acids is 1. The topological polar surface area (TPSA) is 51.0 Å². The molecule has 1 unspecified atom stereocenters. The zero-order valence-electron chi connectivity index (χ0n) is 14.7. The number of alkyl halides is 3. The van der Waals surface area contributed by atoms with Crippen molar-refractivity contribution in [2.45, 2.75) is 25.6 Å². The van der Waals surface area contributed by atoms with Crippen LogP contribution in [0.4, 0.5) is 17.6 Å². The zero-order chi connectivity index (χ0) is 19.8. The minimum atomic E-state index is -2.93. The Morgan fingerprint density at radius 1 is 1.21 bits per heavy atom. The summed E-state index contributed by atoms with van der Waals surface area (Å²) in [6.07, 6.45) is -0.640. The Hall–Kier alpha value is -2.97. The van der Waals surface area contributed by atoms with Gasteiger partial charge in [-0.2, -0.15) is 5.10 Å². The largest absolute Gasteiger partial charge is 0.338 e. The van der Waals surface area contributed by atoms with Crippen molar-refractivity contribution in [2.75, 3.05) is 13.1 Å². The van der Waals surface area contributed by atoms with E-state index in [2.05, 4.69) is 10.1 Å². The maximum absolute atomic E-state index is 13.5. The van der Waals surface area contributed by atoms with Gasteiger partial charge in [0.25, 0.3) is 6.43 Å². The molecule has 0 radical (unpaired) electrons. The van der Waals surface area contributed by atoms with Gasteiger partial charge in [0.2, 0.25) is 5.91 Å². The van der Waals surface area contributed by atoms with Crippen molar-refractivity contribution in [3.05, 3.63) is 48.0 Å². The average Bonchev–Trinajstić information content (AvgIpc) is 3.28. The lowest BCUT2D eigenvalue weighted by Gasteiger charge is -2.15. The van der Waals surface area contributed by atoms with E-state index in [0.717, 1.165) is 12.1 Å². The number of aromatic nitrogens is 3. The molecule has 28 heavy (non-hydrogen) atoms. The van der Waals surface area contributed by atoms with Crippen LogP contribution in [-0.2, 0) is 11.3 Å². The summed E-state index contributed by atoms with van der Waals surface area (Å²) in [4.78, 5) is 18.1. The van der Waals surface area contributed by atoms with Crippen LogP contribution in [0, 0.1) is 5.82 Å². The zero-order valence-corrected chi connectivity index (χ0v) is 14.7. The summed E-state index contributed by atoms with van der Waals surface area (Å²) in [5.41, 5.74) is 1.25. The van der Waals surface area contributed by atoms with Crippen LogP contribution >= 0.6 is 0 Å². The van der Waals surface area contributed by atoms with Crippen molar-refractivity contribution in [1.29, 1.82) is 0 Å². The van der Waals surface area contributed by atoms with Crippen LogP contribution in [0.3, 0.4) is 0 Å². The van der Waals surface area contributed by atoms with Crippen LogP contribution in [0.1, 0.15) is 18.4 Å². The van der Waals surface area contributed by atoms with Crippen molar-refractivity contribution < 1.29 is 22.4 Å². The summed E-state index contributed by atoms with van der Waals surface area (Å²) in [6, 6.07) is 5.12. The number of benzene rings is 1. The van der Waals surface area contributed by atoms with E-state index in [4.69, 9.17) is 0 Å². The first-order chi connectivity index (χ1) is 13.4.